The summed E-state index contributed by atoms with van der Waals surface area (Å²) in [4.78, 5) is 47.1. The van der Waals surface area contributed by atoms with Gasteiger partial charge < -0.3 is 24.5 Å². The molecule has 0 aromatic heterocycles. The SMILES string of the molecule is CC(C)[C@H](CO)N1C(=O)[C@@H]2[C@H]3C(=O)N(C)CC=C[C@@]3(C)O[C@@]23C=CCN(Cc2ccccc2)C(=O)C13. The second kappa shape index (κ2) is 8.85. The summed E-state index contributed by atoms with van der Waals surface area (Å²) in [6.45, 7) is 6.58. The Labute approximate surface area is 212 Å². The molecule has 2 fully saturated rings. The van der Waals surface area contributed by atoms with Crippen molar-refractivity contribution in [3.05, 3.63) is 60.2 Å². The Balaban J connectivity index is 1.65. The van der Waals surface area contributed by atoms with Gasteiger partial charge in [-0.15, -0.1) is 0 Å². The molecule has 0 bridgehead atoms. The molecule has 1 aromatic rings. The number of aliphatic hydroxyl groups excluding tert-OH is 1. The molecule has 1 N–H and O–H groups in total. The third kappa shape index (κ3) is 3.53. The van der Waals surface area contributed by atoms with Gasteiger partial charge in [0.2, 0.25) is 17.7 Å². The van der Waals surface area contributed by atoms with Crippen LogP contribution in [0.3, 0.4) is 0 Å². The second-order valence-electron chi connectivity index (χ2n) is 11.0. The lowest BCUT2D eigenvalue weighted by atomic mass is 9.74. The van der Waals surface area contributed by atoms with Gasteiger partial charge in [-0.2, -0.15) is 0 Å². The average Bonchev–Trinajstić information content (AvgIpc) is 3.12. The highest BCUT2D eigenvalue weighted by atomic mass is 16.5. The molecule has 4 aliphatic heterocycles. The fourth-order valence-electron chi connectivity index (χ4n) is 6.55. The highest BCUT2D eigenvalue weighted by molar-refractivity contribution is 6.00. The van der Waals surface area contributed by atoms with E-state index < -0.39 is 35.1 Å². The highest BCUT2D eigenvalue weighted by Crippen LogP contribution is 2.58. The van der Waals surface area contributed by atoms with Gasteiger partial charge in [-0.3, -0.25) is 14.4 Å². The maximum absolute atomic E-state index is 14.3. The summed E-state index contributed by atoms with van der Waals surface area (Å²) < 4.78 is 6.78. The topological polar surface area (TPSA) is 90.4 Å². The third-order valence-electron chi connectivity index (χ3n) is 8.31. The summed E-state index contributed by atoms with van der Waals surface area (Å²) in [6.07, 6.45) is 7.50. The number of amides is 3. The van der Waals surface area contributed by atoms with E-state index in [1.165, 1.54) is 4.90 Å². The van der Waals surface area contributed by atoms with Crippen LogP contribution in [-0.2, 0) is 25.7 Å². The lowest BCUT2D eigenvalue weighted by Gasteiger charge is -2.41. The molecular formula is C28H35N3O5. The monoisotopic (exact) mass is 493 g/mol. The van der Waals surface area contributed by atoms with Crippen LogP contribution < -0.4 is 0 Å². The van der Waals surface area contributed by atoms with E-state index in [1.54, 1.807) is 16.8 Å². The normalized spacial score (nSPS) is 34.6. The average molecular weight is 494 g/mol. The van der Waals surface area contributed by atoms with Crippen LogP contribution >= 0.6 is 0 Å². The third-order valence-corrected chi connectivity index (χ3v) is 8.31. The molecule has 4 aliphatic rings. The molecule has 8 nitrogen and oxygen atoms in total. The number of likely N-dealkylation sites (tertiary alicyclic amines) is 1. The van der Waals surface area contributed by atoms with Crippen LogP contribution in [0.5, 0.6) is 0 Å². The molecule has 2 saturated heterocycles. The fourth-order valence-corrected chi connectivity index (χ4v) is 6.55. The summed E-state index contributed by atoms with van der Waals surface area (Å²) in [5.74, 6) is -2.45. The number of hydrogen-bond acceptors (Lipinski definition) is 5. The number of ether oxygens (including phenoxy) is 1. The predicted octanol–water partition coefficient (Wildman–Crippen LogP) is 1.60. The van der Waals surface area contributed by atoms with Gasteiger partial charge in [-0.25, -0.2) is 0 Å². The Kier molecular flexibility index (Phi) is 6.08. The van der Waals surface area contributed by atoms with Crippen molar-refractivity contribution in [3.63, 3.8) is 0 Å². The smallest absolute Gasteiger partial charge is 0.249 e. The molecule has 0 saturated carbocycles. The second-order valence-corrected chi connectivity index (χ2v) is 11.0. The molecule has 0 radical (unpaired) electrons. The van der Waals surface area contributed by atoms with Crippen LogP contribution in [0.25, 0.3) is 0 Å². The summed E-state index contributed by atoms with van der Waals surface area (Å²) in [7, 11) is 1.72. The van der Waals surface area contributed by atoms with E-state index in [0.717, 1.165) is 5.56 Å². The maximum atomic E-state index is 14.3. The van der Waals surface area contributed by atoms with Crippen molar-refractivity contribution >= 4 is 17.7 Å². The van der Waals surface area contributed by atoms with Crippen molar-refractivity contribution in [2.45, 2.75) is 50.6 Å². The molecule has 5 rings (SSSR count). The fraction of sp³-hybridized carbons (Fsp3) is 0.536. The van der Waals surface area contributed by atoms with Gasteiger partial charge in [-0.05, 0) is 18.4 Å². The van der Waals surface area contributed by atoms with Gasteiger partial charge in [0.1, 0.15) is 11.6 Å². The van der Waals surface area contributed by atoms with Crippen LogP contribution in [0.2, 0.25) is 0 Å². The zero-order valence-corrected chi connectivity index (χ0v) is 21.3. The number of benzene rings is 1. The lowest BCUT2D eigenvalue weighted by Crippen LogP contribution is -2.59. The minimum absolute atomic E-state index is 0.101. The van der Waals surface area contributed by atoms with Crippen LogP contribution in [-0.4, -0.2) is 87.6 Å². The van der Waals surface area contributed by atoms with Crippen LogP contribution in [0, 0.1) is 17.8 Å². The molecule has 1 aromatic carbocycles. The van der Waals surface area contributed by atoms with Gasteiger partial charge in [0, 0.05) is 26.7 Å². The first-order valence-electron chi connectivity index (χ1n) is 12.7. The largest absolute Gasteiger partial charge is 0.394 e. The number of hydrogen-bond donors (Lipinski definition) is 1. The summed E-state index contributed by atoms with van der Waals surface area (Å²) in [6, 6.07) is 8.16. The van der Waals surface area contributed by atoms with E-state index in [0.29, 0.717) is 19.6 Å². The molecule has 6 atom stereocenters. The van der Waals surface area contributed by atoms with Gasteiger partial charge in [0.15, 0.2) is 0 Å². The summed E-state index contributed by atoms with van der Waals surface area (Å²) >= 11 is 0. The van der Waals surface area contributed by atoms with Gasteiger partial charge in [-0.1, -0.05) is 68.5 Å². The van der Waals surface area contributed by atoms with E-state index in [4.69, 9.17) is 4.74 Å². The Bertz CT molecular complexity index is 1120. The first-order chi connectivity index (χ1) is 17.1. The van der Waals surface area contributed by atoms with Crippen molar-refractivity contribution in [1.29, 1.82) is 0 Å². The molecule has 1 spiro atoms. The summed E-state index contributed by atoms with van der Waals surface area (Å²) in [5.41, 5.74) is -1.35. The van der Waals surface area contributed by atoms with Gasteiger partial charge >= 0.3 is 0 Å². The zero-order chi connectivity index (χ0) is 25.8. The van der Waals surface area contributed by atoms with E-state index in [2.05, 4.69) is 0 Å². The molecule has 1 unspecified atom stereocenters. The lowest BCUT2D eigenvalue weighted by molar-refractivity contribution is -0.156. The van der Waals surface area contributed by atoms with Crippen LogP contribution in [0.4, 0.5) is 0 Å². The molecule has 4 heterocycles. The number of fused-ring (bicyclic) bond motifs is 2. The predicted molar refractivity (Wildman–Crippen MR) is 133 cm³/mol. The quantitative estimate of drug-likeness (QED) is 0.630. The van der Waals surface area contributed by atoms with Crippen LogP contribution in [0.1, 0.15) is 26.3 Å². The highest BCUT2D eigenvalue weighted by Gasteiger charge is 2.75. The summed E-state index contributed by atoms with van der Waals surface area (Å²) in [5, 5.41) is 10.3. The van der Waals surface area contributed by atoms with E-state index >= 15 is 0 Å². The van der Waals surface area contributed by atoms with Crippen molar-refractivity contribution in [2.75, 3.05) is 26.7 Å². The van der Waals surface area contributed by atoms with Crippen molar-refractivity contribution in [2.24, 2.45) is 17.8 Å². The van der Waals surface area contributed by atoms with Gasteiger partial charge in [0.25, 0.3) is 0 Å². The zero-order valence-electron chi connectivity index (χ0n) is 21.3. The Hall–Kier alpha value is -2.97. The number of likely N-dealkylation sites (N-methyl/N-ethyl adjacent to an activating group) is 1. The van der Waals surface area contributed by atoms with Crippen molar-refractivity contribution in [1.82, 2.24) is 14.7 Å². The molecule has 192 valence electrons. The molecule has 3 amide bonds. The van der Waals surface area contributed by atoms with Crippen molar-refractivity contribution < 1.29 is 24.2 Å². The first-order valence-corrected chi connectivity index (χ1v) is 12.7. The Morgan fingerprint density at radius 1 is 1.00 bits per heavy atom. The first kappa shape index (κ1) is 24.7. The molecular weight excluding hydrogens is 458 g/mol. The number of carbonyl (C=O) groups is 3. The minimum atomic E-state index is -1.31. The van der Waals surface area contributed by atoms with Crippen LogP contribution in [0.15, 0.2) is 54.6 Å². The van der Waals surface area contributed by atoms with Crippen molar-refractivity contribution in [3.8, 4) is 0 Å². The number of rotatable bonds is 5. The van der Waals surface area contributed by atoms with Gasteiger partial charge in [0.05, 0.1) is 30.1 Å². The minimum Gasteiger partial charge on any atom is -0.394 e. The number of carbonyl (C=O) groups excluding carboxylic acids is 3. The maximum Gasteiger partial charge on any atom is 0.249 e. The van der Waals surface area contributed by atoms with E-state index in [9.17, 15) is 19.5 Å². The molecule has 8 heteroatoms. The standard InChI is InChI=1S/C28H35N3O5/c1-18(2)20(17-32)31-23-26(35)30(16-19-10-6-5-7-11-19)15-9-13-28(23)22(25(31)34)21-24(33)29(4)14-8-12-27(21,3)36-28/h5-13,18,20-23,32H,14-17H2,1-4H3/t20-,21-,22-,23?,27+,28-/m0/s1. The Morgan fingerprint density at radius 2 is 1.69 bits per heavy atom. The van der Waals surface area contributed by atoms with E-state index in [1.807, 2.05) is 75.4 Å². The molecule has 36 heavy (non-hydrogen) atoms. The number of nitrogens with zero attached hydrogens (tertiary/aromatic N) is 3. The molecule has 0 aliphatic carbocycles. The Morgan fingerprint density at radius 3 is 2.36 bits per heavy atom. The van der Waals surface area contributed by atoms with E-state index in [-0.39, 0.29) is 30.2 Å². The number of aliphatic hydroxyl groups is 1.